The molecular formula is C62H38N2OS. The molecule has 0 unspecified atom stereocenters. The molecule has 0 saturated carbocycles. The Bertz CT molecular complexity index is 4020. The summed E-state index contributed by atoms with van der Waals surface area (Å²) < 4.78 is 9.15. The summed E-state index contributed by atoms with van der Waals surface area (Å²) in [6.45, 7) is 0. The Balaban J connectivity index is 0.985. The van der Waals surface area contributed by atoms with Crippen LogP contribution in [-0.2, 0) is 5.41 Å². The average molecular weight is 859 g/mol. The van der Waals surface area contributed by atoms with Gasteiger partial charge in [-0.2, -0.15) is 0 Å². The van der Waals surface area contributed by atoms with Gasteiger partial charge in [0.05, 0.1) is 16.6 Å². The van der Waals surface area contributed by atoms with Crippen LogP contribution in [0.4, 0.5) is 17.1 Å². The van der Waals surface area contributed by atoms with E-state index in [0.29, 0.717) is 0 Å². The Kier molecular flexibility index (Phi) is 8.07. The first kappa shape index (κ1) is 37.1. The molecule has 1 aliphatic carbocycles. The van der Waals surface area contributed by atoms with E-state index < -0.39 is 5.41 Å². The number of thiophene rings is 1. The summed E-state index contributed by atoms with van der Waals surface area (Å²) in [4.78, 5) is 7.77. The lowest BCUT2D eigenvalue weighted by Gasteiger charge is -2.35. The molecule has 66 heavy (non-hydrogen) atoms. The lowest BCUT2D eigenvalue weighted by molar-refractivity contribution is 0.669. The minimum Gasteiger partial charge on any atom is -0.456 e. The highest BCUT2D eigenvalue weighted by Crippen LogP contribution is 2.57. The molecule has 3 aromatic heterocycles. The summed E-state index contributed by atoms with van der Waals surface area (Å²) in [5, 5.41) is 8.40. The number of fused-ring (bicyclic) bond motifs is 13. The molecule has 0 fully saturated rings. The third kappa shape index (κ3) is 5.34. The SMILES string of the molecule is c1ccc(C2(c3ccccc3)c3ccccc3-c3ccc(N(c4ccc(-c5nc6ccccc6c6c5ccc5c7ccccc7sc56)cc4)c4ccc5c(c4)oc4ccccc45)cc32)cc1. The molecule has 14 rings (SSSR count). The maximum atomic E-state index is 6.55. The van der Waals surface area contributed by atoms with Gasteiger partial charge in [0.25, 0.3) is 0 Å². The van der Waals surface area contributed by atoms with Gasteiger partial charge in [-0.25, -0.2) is 4.98 Å². The highest BCUT2D eigenvalue weighted by Gasteiger charge is 2.46. The third-order valence-electron chi connectivity index (χ3n) is 13.9. The molecule has 0 bridgehead atoms. The maximum absolute atomic E-state index is 6.55. The number of para-hydroxylation sites is 2. The van der Waals surface area contributed by atoms with Crippen LogP contribution in [0.25, 0.3) is 86.2 Å². The number of anilines is 3. The molecule has 0 aliphatic heterocycles. The smallest absolute Gasteiger partial charge is 0.137 e. The summed E-state index contributed by atoms with van der Waals surface area (Å²) in [6.07, 6.45) is 0. The number of benzene rings is 10. The molecule has 10 aromatic carbocycles. The topological polar surface area (TPSA) is 29.3 Å². The van der Waals surface area contributed by atoms with Crippen molar-refractivity contribution in [3.63, 3.8) is 0 Å². The molecule has 0 spiro atoms. The highest BCUT2D eigenvalue weighted by molar-refractivity contribution is 7.26. The summed E-state index contributed by atoms with van der Waals surface area (Å²) in [5.74, 6) is 0. The van der Waals surface area contributed by atoms with Crippen LogP contribution >= 0.6 is 11.3 Å². The van der Waals surface area contributed by atoms with Crippen LogP contribution in [0.3, 0.4) is 0 Å². The van der Waals surface area contributed by atoms with E-state index >= 15 is 0 Å². The Morgan fingerprint density at radius 2 is 1.00 bits per heavy atom. The van der Waals surface area contributed by atoms with Crippen molar-refractivity contribution in [1.82, 2.24) is 4.98 Å². The van der Waals surface area contributed by atoms with Gasteiger partial charge >= 0.3 is 0 Å². The fourth-order valence-electron chi connectivity index (χ4n) is 11.1. The molecule has 13 aromatic rings. The molecule has 0 amide bonds. The molecule has 3 nitrogen and oxygen atoms in total. The molecule has 1 aliphatic rings. The average Bonchev–Trinajstić information content (AvgIpc) is 4.05. The van der Waals surface area contributed by atoms with Crippen molar-refractivity contribution in [1.29, 1.82) is 0 Å². The van der Waals surface area contributed by atoms with Crippen molar-refractivity contribution in [2.75, 3.05) is 4.90 Å². The summed E-state index contributed by atoms with van der Waals surface area (Å²) >= 11 is 1.87. The van der Waals surface area contributed by atoms with Crippen LogP contribution in [-0.4, -0.2) is 4.98 Å². The van der Waals surface area contributed by atoms with E-state index in [4.69, 9.17) is 9.40 Å². The van der Waals surface area contributed by atoms with E-state index in [9.17, 15) is 0 Å². The fourth-order valence-corrected chi connectivity index (χ4v) is 12.3. The first-order valence-electron chi connectivity index (χ1n) is 22.5. The van der Waals surface area contributed by atoms with Crippen molar-refractivity contribution in [2.24, 2.45) is 0 Å². The summed E-state index contributed by atoms with van der Waals surface area (Å²) in [5.41, 5.74) is 14.9. The van der Waals surface area contributed by atoms with Gasteiger partial charge in [-0.15, -0.1) is 11.3 Å². The van der Waals surface area contributed by atoms with E-state index in [1.165, 1.54) is 64.3 Å². The van der Waals surface area contributed by atoms with Crippen molar-refractivity contribution in [2.45, 2.75) is 5.41 Å². The van der Waals surface area contributed by atoms with Gasteiger partial charge in [-0.1, -0.05) is 170 Å². The zero-order valence-electron chi connectivity index (χ0n) is 35.7. The predicted octanol–water partition coefficient (Wildman–Crippen LogP) is 17.2. The number of aromatic nitrogens is 1. The third-order valence-corrected chi connectivity index (χ3v) is 15.1. The molecule has 0 radical (unpaired) electrons. The second-order valence-corrected chi connectivity index (χ2v) is 18.4. The minimum atomic E-state index is -0.536. The first-order valence-corrected chi connectivity index (χ1v) is 23.3. The van der Waals surface area contributed by atoms with Gasteiger partial charge in [0.1, 0.15) is 11.2 Å². The van der Waals surface area contributed by atoms with Crippen LogP contribution in [0.1, 0.15) is 22.3 Å². The second-order valence-electron chi connectivity index (χ2n) is 17.4. The van der Waals surface area contributed by atoms with Gasteiger partial charge < -0.3 is 9.32 Å². The summed E-state index contributed by atoms with van der Waals surface area (Å²) in [6, 6.07) is 83.8. The predicted molar refractivity (Wildman–Crippen MR) is 277 cm³/mol. The van der Waals surface area contributed by atoms with Gasteiger partial charge in [-0.05, 0) is 88.0 Å². The number of hydrogen-bond acceptors (Lipinski definition) is 4. The van der Waals surface area contributed by atoms with Gasteiger partial charge in [0, 0.05) is 75.8 Å². The van der Waals surface area contributed by atoms with E-state index in [2.05, 4.69) is 223 Å². The van der Waals surface area contributed by atoms with Crippen LogP contribution in [0, 0.1) is 0 Å². The standard InChI is InChI=1S/C62H38N2OS/c1-3-15-40(16-4-1)62(41-17-5-2-6-18-41)53-23-11-7-19-45(53)46-33-31-43(37-54(46)62)64(44-32-34-48-47-20-9-13-25-56(47)65-57(48)38-44)42-29-27-39(28-30-42)60-52-36-35-50-49-21-10-14-26-58(49)66-61(50)59(52)51-22-8-12-24-55(51)63-60/h1-38H. The van der Waals surface area contributed by atoms with Crippen LogP contribution in [0.5, 0.6) is 0 Å². The largest absolute Gasteiger partial charge is 0.456 e. The van der Waals surface area contributed by atoms with Crippen molar-refractivity contribution < 1.29 is 4.42 Å². The Morgan fingerprint density at radius 1 is 0.409 bits per heavy atom. The fraction of sp³-hybridized carbons (Fsp3) is 0.0161. The number of hydrogen-bond donors (Lipinski definition) is 0. The summed E-state index contributed by atoms with van der Waals surface area (Å²) in [7, 11) is 0. The van der Waals surface area contributed by atoms with Crippen molar-refractivity contribution in [3.8, 4) is 22.4 Å². The van der Waals surface area contributed by atoms with Gasteiger partial charge in [-0.3, -0.25) is 0 Å². The van der Waals surface area contributed by atoms with Gasteiger partial charge in [0.15, 0.2) is 0 Å². The van der Waals surface area contributed by atoms with Crippen LogP contribution in [0.2, 0.25) is 0 Å². The second kappa shape index (κ2) is 14.3. The van der Waals surface area contributed by atoms with E-state index in [-0.39, 0.29) is 0 Å². The number of nitrogens with zero attached hydrogens (tertiary/aromatic N) is 2. The molecule has 3 heterocycles. The zero-order chi connectivity index (χ0) is 43.3. The lowest BCUT2D eigenvalue weighted by atomic mass is 9.67. The molecule has 4 heteroatoms. The zero-order valence-corrected chi connectivity index (χ0v) is 36.5. The van der Waals surface area contributed by atoms with Crippen molar-refractivity contribution in [3.05, 3.63) is 253 Å². The maximum Gasteiger partial charge on any atom is 0.137 e. The van der Waals surface area contributed by atoms with Gasteiger partial charge in [0.2, 0.25) is 0 Å². The number of rotatable bonds is 6. The van der Waals surface area contributed by atoms with Crippen molar-refractivity contribution >= 4 is 92.2 Å². The molecule has 0 N–H and O–H groups in total. The molecule has 0 atom stereocenters. The normalized spacial score (nSPS) is 13.0. The number of furan rings is 1. The molecule has 308 valence electrons. The Labute approximate surface area is 385 Å². The highest BCUT2D eigenvalue weighted by atomic mass is 32.1. The monoisotopic (exact) mass is 858 g/mol. The molecule has 0 saturated heterocycles. The van der Waals surface area contributed by atoms with E-state index in [1.54, 1.807) is 0 Å². The van der Waals surface area contributed by atoms with Crippen LogP contribution in [0.15, 0.2) is 235 Å². The molecular weight excluding hydrogens is 821 g/mol. The minimum absolute atomic E-state index is 0.536. The van der Waals surface area contributed by atoms with E-state index in [0.717, 1.165) is 61.2 Å². The first-order chi connectivity index (χ1) is 32.7. The number of pyridine rings is 1. The quantitative estimate of drug-likeness (QED) is 0.156. The van der Waals surface area contributed by atoms with E-state index in [1.807, 2.05) is 23.5 Å². The Hall–Kier alpha value is -8.31. The van der Waals surface area contributed by atoms with Crippen LogP contribution < -0.4 is 4.90 Å². The lowest BCUT2D eigenvalue weighted by Crippen LogP contribution is -2.28. The Morgan fingerprint density at radius 3 is 1.82 bits per heavy atom.